The molecular weight excluding hydrogens is 452 g/mol. The lowest BCUT2D eigenvalue weighted by atomic mass is 10.0. The van der Waals surface area contributed by atoms with Crippen LogP contribution in [0.25, 0.3) is 5.69 Å². The summed E-state index contributed by atoms with van der Waals surface area (Å²) < 4.78 is 1.69. The minimum absolute atomic E-state index is 0.00529. The van der Waals surface area contributed by atoms with Gasteiger partial charge in [0.25, 0.3) is 0 Å². The number of thioether (sulfide) groups is 1. The molecule has 0 radical (unpaired) electrons. The summed E-state index contributed by atoms with van der Waals surface area (Å²) in [5.74, 6) is 0.220. The minimum Gasteiger partial charge on any atom is -0.283 e. The number of carbonyl (C=O) groups excluding carboxylic acids is 1. The Morgan fingerprint density at radius 2 is 1.88 bits per heavy atom. The van der Waals surface area contributed by atoms with Crippen LogP contribution in [0.2, 0.25) is 0 Å². The Morgan fingerprint density at radius 3 is 2.70 bits per heavy atom. The molecule has 1 amide bonds. The number of thiazole rings is 1. The van der Waals surface area contributed by atoms with Gasteiger partial charge in [-0.1, -0.05) is 60.3 Å². The second-order valence-corrected chi connectivity index (χ2v) is 9.99. The zero-order valence-corrected chi connectivity index (χ0v) is 20.0. The third kappa shape index (κ3) is 4.84. The summed E-state index contributed by atoms with van der Waals surface area (Å²) >= 11 is 3.00. The van der Waals surface area contributed by atoms with E-state index in [1.165, 1.54) is 29.5 Å². The number of aromatic nitrogens is 5. The van der Waals surface area contributed by atoms with Crippen molar-refractivity contribution in [2.75, 3.05) is 10.7 Å². The topological polar surface area (TPSA) is 76.8 Å². The number of tetrazole rings is 1. The lowest BCUT2D eigenvalue weighted by Crippen LogP contribution is -2.32. The molecule has 9 heteroatoms. The molecule has 0 aliphatic heterocycles. The molecule has 0 fully saturated rings. The summed E-state index contributed by atoms with van der Waals surface area (Å²) in [4.78, 5) is 21.5. The Morgan fingerprint density at radius 1 is 1.09 bits per heavy atom. The van der Waals surface area contributed by atoms with Crippen LogP contribution >= 0.6 is 23.1 Å². The molecule has 0 saturated carbocycles. The summed E-state index contributed by atoms with van der Waals surface area (Å²) in [5.41, 5.74) is 4.21. The fraction of sp³-hybridized carbons (Fsp3) is 0.292. The van der Waals surface area contributed by atoms with E-state index in [0.717, 1.165) is 40.5 Å². The summed E-state index contributed by atoms with van der Waals surface area (Å²) in [6.45, 7) is 2.51. The van der Waals surface area contributed by atoms with Crippen LogP contribution in [0.3, 0.4) is 0 Å². The predicted octanol–water partition coefficient (Wildman–Crippen LogP) is 4.63. The highest BCUT2D eigenvalue weighted by Crippen LogP contribution is 2.33. The first-order valence-corrected chi connectivity index (χ1v) is 12.8. The molecule has 0 saturated heterocycles. The molecule has 7 nitrogen and oxygen atoms in total. The van der Waals surface area contributed by atoms with Crippen LogP contribution in [0.5, 0.6) is 0 Å². The van der Waals surface area contributed by atoms with Gasteiger partial charge in [-0.15, -0.1) is 16.4 Å². The molecule has 33 heavy (non-hydrogen) atoms. The molecule has 2 aromatic carbocycles. The highest BCUT2D eigenvalue weighted by molar-refractivity contribution is 7.99. The summed E-state index contributed by atoms with van der Waals surface area (Å²) in [7, 11) is 0. The molecule has 0 unspecified atom stereocenters. The number of fused-ring (bicyclic) bond motifs is 1. The van der Waals surface area contributed by atoms with E-state index in [2.05, 4.69) is 15.5 Å². The maximum atomic E-state index is 13.5. The van der Waals surface area contributed by atoms with E-state index in [-0.39, 0.29) is 11.7 Å². The van der Waals surface area contributed by atoms with Crippen LogP contribution in [0.4, 0.5) is 5.13 Å². The zero-order valence-electron chi connectivity index (χ0n) is 18.3. The molecule has 4 aromatic rings. The summed E-state index contributed by atoms with van der Waals surface area (Å²) in [5, 5.41) is 13.5. The maximum Gasteiger partial charge on any atom is 0.239 e. The van der Waals surface area contributed by atoms with E-state index in [0.29, 0.717) is 11.7 Å². The Kier molecular flexibility index (Phi) is 6.50. The van der Waals surface area contributed by atoms with Gasteiger partial charge in [0.1, 0.15) is 0 Å². The molecule has 0 N–H and O–H groups in total. The Labute approximate surface area is 200 Å². The third-order valence-corrected chi connectivity index (χ3v) is 7.74. The first kappa shape index (κ1) is 21.8. The summed E-state index contributed by atoms with van der Waals surface area (Å²) in [6.07, 6.45) is 4.42. The Bertz CT molecular complexity index is 1230. The van der Waals surface area contributed by atoms with Crippen LogP contribution in [-0.2, 0) is 24.2 Å². The van der Waals surface area contributed by atoms with Crippen LogP contribution < -0.4 is 4.90 Å². The fourth-order valence-electron chi connectivity index (χ4n) is 3.91. The minimum atomic E-state index is -0.00529. The van der Waals surface area contributed by atoms with Gasteiger partial charge in [-0.25, -0.2) is 4.98 Å². The van der Waals surface area contributed by atoms with E-state index in [1.807, 2.05) is 66.4 Å². The predicted molar refractivity (Wildman–Crippen MR) is 131 cm³/mol. The van der Waals surface area contributed by atoms with Crippen molar-refractivity contribution in [2.45, 2.75) is 44.3 Å². The summed E-state index contributed by atoms with van der Waals surface area (Å²) in [6, 6.07) is 18.0. The van der Waals surface area contributed by atoms with Gasteiger partial charge >= 0.3 is 0 Å². The quantitative estimate of drug-likeness (QED) is 0.362. The number of nitrogens with zero attached hydrogens (tertiary/aromatic N) is 6. The molecule has 0 atom stereocenters. The average Bonchev–Trinajstić information content (AvgIpc) is 3.49. The third-order valence-electron chi connectivity index (χ3n) is 5.66. The van der Waals surface area contributed by atoms with Crippen molar-refractivity contribution in [1.29, 1.82) is 0 Å². The second-order valence-electron chi connectivity index (χ2n) is 7.99. The molecule has 2 aromatic heterocycles. The first-order chi connectivity index (χ1) is 16.2. The van der Waals surface area contributed by atoms with Crippen molar-refractivity contribution >= 4 is 34.1 Å². The standard InChI is InChI=1S/C24H24N6OS2/c1-17-9-5-7-13-20(17)30-24(26-27-28-30)32-16-22(31)29(15-18-10-3-2-4-11-18)23-25-19-12-6-8-14-21(19)33-23/h2-5,7,9-11,13H,6,8,12,14-16H2,1H3. The number of anilines is 1. The zero-order chi connectivity index (χ0) is 22.6. The van der Waals surface area contributed by atoms with Gasteiger partial charge in [0, 0.05) is 4.88 Å². The van der Waals surface area contributed by atoms with Gasteiger partial charge in [0.05, 0.1) is 23.7 Å². The molecular formula is C24H24N6OS2. The molecule has 5 rings (SSSR count). The van der Waals surface area contributed by atoms with Gasteiger partial charge in [0.15, 0.2) is 5.13 Å². The molecule has 2 heterocycles. The SMILES string of the molecule is Cc1ccccc1-n1nnnc1SCC(=O)N(Cc1ccccc1)c1nc2c(s1)CCCC2. The Balaban J connectivity index is 1.37. The number of amides is 1. The highest BCUT2D eigenvalue weighted by atomic mass is 32.2. The normalized spacial score (nSPS) is 13.0. The second kappa shape index (κ2) is 9.84. The van der Waals surface area contributed by atoms with Crippen molar-refractivity contribution in [3.8, 4) is 5.69 Å². The average molecular weight is 477 g/mol. The van der Waals surface area contributed by atoms with Crippen molar-refractivity contribution < 1.29 is 4.79 Å². The van der Waals surface area contributed by atoms with Gasteiger partial charge in [-0.3, -0.25) is 9.69 Å². The molecule has 0 bridgehead atoms. The monoisotopic (exact) mass is 476 g/mol. The van der Waals surface area contributed by atoms with Crippen LogP contribution in [-0.4, -0.2) is 36.9 Å². The van der Waals surface area contributed by atoms with Gasteiger partial charge in [-0.2, -0.15) is 4.68 Å². The molecule has 0 spiro atoms. The largest absolute Gasteiger partial charge is 0.283 e. The van der Waals surface area contributed by atoms with E-state index >= 15 is 0 Å². The molecule has 1 aliphatic carbocycles. The van der Waals surface area contributed by atoms with Crippen LogP contribution in [0, 0.1) is 6.92 Å². The highest BCUT2D eigenvalue weighted by Gasteiger charge is 2.24. The fourth-order valence-corrected chi connectivity index (χ4v) is 5.83. The van der Waals surface area contributed by atoms with Crippen molar-refractivity contribution in [1.82, 2.24) is 25.2 Å². The number of para-hydroxylation sites is 1. The van der Waals surface area contributed by atoms with Crippen molar-refractivity contribution in [3.05, 3.63) is 76.3 Å². The van der Waals surface area contributed by atoms with E-state index < -0.39 is 0 Å². The van der Waals surface area contributed by atoms with Crippen molar-refractivity contribution in [2.24, 2.45) is 0 Å². The smallest absolute Gasteiger partial charge is 0.239 e. The van der Waals surface area contributed by atoms with Crippen LogP contribution in [0.15, 0.2) is 59.8 Å². The van der Waals surface area contributed by atoms with Crippen molar-refractivity contribution in [3.63, 3.8) is 0 Å². The van der Waals surface area contributed by atoms with E-state index in [4.69, 9.17) is 4.98 Å². The van der Waals surface area contributed by atoms with Crippen LogP contribution in [0.1, 0.15) is 34.5 Å². The first-order valence-electron chi connectivity index (χ1n) is 11.0. The van der Waals surface area contributed by atoms with Gasteiger partial charge in [-0.05, 0) is 60.2 Å². The van der Waals surface area contributed by atoms with Gasteiger partial charge < -0.3 is 0 Å². The lowest BCUT2D eigenvalue weighted by molar-refractivity contribution is -0.116. The van der Waals surface area contributed by atoms with Gasteiger partial charge in [0.2, 0.25) is 11.1 Å². The van der Waals surface area contributed by atoms with E-state index in [1.54, 1.807) is 16.0 Å². The number of hydrogen-bond donors (Lipinski definition) is 0. The lowest BCUT2D eigenvalue weighted by Gasteiger charge is -2.20. The maximum absolute atomic E-state index is 13.5. The van der Waals surface area contributed by atoms with E-state index in [9.17, 15) is 4.79 Å². The number of aryl methyl sites for hydroxylation is 3. The molecule has 168 valence electrons. The number of benzene rings is 2. The molecule has 1 aliphatic rings. The number of hydrogen-bond acceptors (Lipinski definition) is 7. The Hall–Kier alpha value is -3.04. The number of carbonyl (C=O) groups is 1. The number of rotatable bonds is 7.